The normalized spacial score (nSPS) is 19.5. The minimum Gasteiger partial charge on any atom is -0.314 e. The van der Waals surface area contributed by atoms with Crippen molar-refractivity contribution in [2.45, 2.75) is 32.4 Å². The standard InChI is InChI=1S/C11H19N3S/c1-2-13-10-3-5-14(6-4-10)8-11-7-12-9-15-11/h7,9-10,13H,2-6,8H2,1H3. The molecule has 4 heteroatoms. The van der Waals surface area contributed by atoms with Gasteiger partial charge in [0.25, 0.3) is 0 Å². The lowest BCUT2D eigenvalue weighted by molar-refractivity contribution is 0.193. The highest BCUT2D eigenvalue weighted by atomic mass is 32.1. The molecule has 1 aromatic heterocycles. The van der Waals surface area contributed by atoms with E-state index in [0.29, 0.717) is 0 Å². The summed E-state index contributed by atoms with van der Waals surface area (Å²) in [4.78, 5) is 8.03. The number of likely N-dealkylation sites (tertiary alicyclic amines) is 1. The molecular weight excluding hydrogens is 206 g/mol. The number of nitrogens with zero attached hydrogens (tertiary/aromatic N) is 2. The quantitative estimate of drug-likeness (QED) is 0.845. The van der Waals surface area contributed by atoms with Gasteiger partial charge in [-0.15, -0.1) is 11.3 Å². The number of piperidine rings is 1. The third-order valence-electron chi connectivity index (χ3n) is 2.94. The van der Waals surface area contributed by atoms with Crippen LogP contribution < -0.4 is 5.32 Å². The van der Waals surface area contributed by atoms with Crippen molar-refractivity contribution in [3.63, 3.8) is 0 Å². The molecule has 0 atom stereocenters. The van der Waals surface area contributed by atoms with Gasteiger partial charge >= 0.3 is 0 Å². The molecule has 2 heterocycles. The molecule has 1 aromatic rings. The van der Waals surface area contributed by atoms with Crippen LogP contribution >= 0.6 is 11.3 Å². The fourth-order valence-electron chi connectivity index (χ4n) is 2.12. The van der Waals surface area contributed by atoms with Gasteiger partial charge in [0.2, 0.25) is 0 Å². The molecule has 1 aliphatic rings. The highest BCUT2D eigenvalue weighted by Crippen LogP contribution is 2.15. The molecule has 0 bridgehead atoms. The van der Waals surface area contributed by atoms with E-state index < -0.39 is 0 Å². The summed E-state index contributed by atoms with van der Waals surface area (Å²) in [5.41, 5.74) is 1.92. The molecule has 84 valence electrons. The van der Waals surface area contributed by atoms with Crippen LogP contribution in [0.3, 0.4) is 0 Å². The van der Waals surface area contributed by atoms with Crippen LogP contribution in [0, 0.1) is 0 Å². The zero-order valence-electron chi connectivity index (χ0n) is 9.28. The Labute approximate surface area is 95.5 Å². The van der Waals surface area contributed by atoms with Crippen molar-refractivity contribution < 1.29 is 0 Å². The fraction of sp³-hybridized carbons (Fsp3) is 0.727. The summed E-state index contributed by atoms with van der Waals surface area (Å²) >= 11 is 1.76. The summed E-state index contributed by atoms with van der Waals surface area (Å²) in [6, 6.07) is 0.743. The second-order valence-electron chi connectivity index (χ2n) is 4.08. The van der Waals surface area contributed by atoms with Crippen molar-refractivity contribution in [3.8, 4) is 0 Å². The summed E-state index contributed by atoms with van der Waals surface area (Å²) in [6.45, 7) is 6.80. The highest BCUT2D eigenvalue weighted by molar-refractivity contribution is 7.09. The highest BCUT2D eigenvalue weighted by Gasteiger charge is 2.18. The van der Waals surface area contributed by atoms with E-state index in [1.54, 1.807) is 11.3 Å². The van der Waals surface area contributed by atoms with Gasteiger partial charge in [0.1, 0.15) is 0 Å². The predicted molar refractivity (Wildman–Crippen MR) is 64.1 cm³/mol. The lowest BCUT2D eigenvalue weighted by Crippen LogP contribution is -2.41. The van der Waals surface area contributed by atoms with Crippen LogP contribution in [0.5, 0.6) is 0 Å². The van der Waals surface area contributed by atoms with Gasteiger partial charge in [-0.3, -0.25) is 9.88 Å². The van der Waals surface area contributed by atoms with Crippen molar-refractivity contribution in [1.29, 1.82) is 0 Å². The van der Waals surface area contributed by atoms with Gasteiger partial charge in [0.15, 0.2) is 0 Å². The van der Waals surface area contributed by atoms with Crippen molar-refractivity contribution in [2.24, 2.45) is 0 Å². The Bertz CT molecular complexity index is 265. The molecule has 0 aliphatic carbocycles. The summed E-state index contributed by atoms with van der Waals surface area (Å²) in [5, 5.41) is 3.53. The molecule has 0 amide bonds. The van der Waals surface area contributed by atoms with E-state index in [1.165, 1.54) is 30.8 Å². The third-order valence-corrected chi connectivity index (χ3v) is 3.71. The molecule has 3 nitrogen and oxygen atoms in total. The van der Waals surface area contributed by atoms with Gasteiger partial charge < -0.3 is 5.32 Å². The van der Waals surface area contributed by atoms with E-state index in [-0.39, 0.29) is 0 Å². The molecule has 1 saturated heterocycles. The number of thiazole rings is 1. The molecule has 0 unspecified atom stereocenters. The number of rotatable bonds is 4. The molecule has 2 rings (SSSR count). The third kappa shape index (κ3) is 3.26. The molecule has 0 spiro atoms. The van der Waals surface area contributed by atoms with Crippen LogP contribution in [-0.2, 0) is 6.54 Å². The summed E-state index contributed by atoms with van der Waals surface area (Å²) in [5.74, 6) is 0. The fourth-order valence-corrected chi connectivity index (χ4v) is 2.76. The number of hydrogen-bond acceptors (Lipinski definition) is 4. The average molecular weight is 225 g/mol. The van der Waals surface area contributed by atoms with Crippen LogP contribution in [0.15, 0.2) is 11.7 Å². The molecule has 1 aliphatic heterocycles. The summed E-state index contributed by atoms with van der Waals surface area (Å²) in [7, 11) is 0. The van der Waals surface area contributed by atoms with Gasteiger partial charge in [0.05, 0.1) is 5.51 Å². The maximum Gasteiger partial charge on any atom is 0.0794 e. The van der Waals surface area contributed by atoms with E-state index in [2.05, 4.69) is 22.1 Å². The van der Waals surface area contributed by atoms with Crippen molar-refractivity contribution in [3.05, 3.63) is 16.6 Å². The van der Waals surface area contributed by atoms with Crippen molar-refractivity contribution >= 4 is 11.3 Å². The topological polar surface area (TPSA) is 28.2 Å². The lowest BCUT2D eigenvalue weighted by atomic mass is 10.1. The first-order valence-corrected chi connectivity index (χ1v) is 6.59. The molecule has 15 heavy (non-hydrogen) atoms. The van der Waals surface area contributed by atoms with Crippen LogP contribution in [-0.4, -0.2) is 35.6 Å². The second-order valence-corrected chi connectivity index (χ2v) is 5.05. The van der Waals surface area contributed by atoms with Gasteiger partial charge in [-0.25, -0.2) is 0 Å². The van der Waals surface area contributed by atoms with Crippen LogP contribution in [0.2, 0.25) is 0 Å². The lowest BCUT2D eigenvalue weighted by Gasteiger charge is -2.31. The van der Waals surface area contributed by atoms with E-state index in [1.807, 2.05) is 11.7 Å². The van der Waals surface area contributed by atoms with E-state index >= 15 is 0 Å². The Morgan fingerprint density at radius 1 is 1.53 bits per heavy atom. The Kier molecular flexibility index (Phi) is 4.11. The predicted octanol–water partition coefficient (Wildman–Crippen LogP) is 1.72. The zero-order valence-corrected chi connectivity index (χ0v) is 10.1. The number of aromatic nitrogens is 1. The Morgan fingerprint density at radius 3 is 2.93 bits per heavy atom. The Hall–Kier alpha value is -0.450. The molecule has 0 radical (unpaired) electrons. The first-order chi connectivity index (χ1) is 7.38. The molecule has 0 saturated carbocycles. The summed E-state index contributed by atoms with van der Waals surface area (Å²) in [6.07, 6.45) is 4.56. The number of nitrogens with one attached hydrogen (secondary N) is 1. The maximum absolute atomic E-state index is 4.11. The van der Waals surface area contributed by atoms with Crippen LogP contribution in [0.25, 0.3) is 0 Å². The van der Waals surface area contributed by atoms with E-state index in [9.17, 15) is 0 Å². The minimum atomic E-state index is 0.743. The minimum absolute atomic E-state index is 0.743. The van der Waals surface area contributed by atoms with E-state index in [4.69, 9.17) is 0 Å². The second kappa shape index (κ2) is 5.58. The monoisotopic (exact) mass is 225 g/mol. The zero-order chi connectivity index (χ0) is 10.5. The summed E-state index contributed by atoms with van der Waals surface area (Å²) < 4.78 is 0. The van der Waals surface area contributed by atoms with Gasteiger partial charge in [-0.2, -0.15) is 0 Å². The van der Waals surface area contributed by atoms with E-state index in [0.717, 1.165) is 19.1 Å². The maximum atomic E-state index is 4.11. The average Bonchev–Trinajstić information content (AvgIpc) is 2.74. The Balaban J connectivity index is 1.74. The first kappa shape index (κ1) is 11.0. The largest absolute Gasteiger partial charge is 0.314 e. The van der Waals surface area contributed by atoms with Crippen molar-refractivity contribution in [2.75, 3.05) is 19.6 Å². The van der Waals surface area contributed by atoms with Gasteiger partial charge in [0, 0.05) is 36.8 Å². The SMILES string of the molecule is CCNC1CCN(Cc2cncs2)CC1. The van der Waals surface area contributed by atoms with Crippen LogP contribution in [0.1, 0.15) is 24.6 Å². The smallest absolute Gasteiger partial charge is 0.0794 e. The van der Waals surface area contributed by atoms with Crippen molar-refractivity contribution in [1.82, 2.24) is 15.2 Å². The van der Waals surface area contributed by atoms with Gasteiger partial charge in [-0.1, -0.05) is 6.92 Å². The van der Waals surface area contributed by atoms with Gasteiger partial charge in [-0.05, 0) is 19.4 Å². The Morgan fingerprint density at radius 2 is 2.33 bits per heavy atom. The molecular formula is C11H19N3S. The first-order valence-electron chi connectivity index (χ1n) is 5.71. The number of hydrogen-bond donors (Lipinski definition) is 1. The molecule has 0 aromatic carbocycles. The van der Waals surface area contributed by atoms with Crippen LogP contribution in [0.4, 0.5) is 0 Å². The molecule has 1 N–H and O–H groups in total. The molecule has 1 fully saturated rings.